The molecule has 0 aliphatic rings. The lowest BCUT2D eigenvalue weighted by molar-refractivity contribution is -0.123. The third kappa shape index (κ3) is 4.73. The van der Waals surface area contributed by atoms with Crippen LogP contribution in [-0.2, 0) is 16.1 Å². The first-order valence-corrected chi connectivity index (χ1v) is 7.94. The Balaban J connectivity index is 1.82. The fourth-order valence-electron chi connectivity index (χ4n) is 2.59. The number of rotatable bonds is 6. The van der Waals surface area contributed by atoms with Gasteiger partial charge < -0.3 is 24.6 Å². The normalized spacial score (nSPS) is 11.7. The monoisotopic (exact) mass is 363 g/mol. The Labute approximate surface area is 149 Å². The van der Waals surface area contributed by atoms with Gasteiger partial charge in [0.05, 0.1) is 18.9 Å². The summed E-state index contributed by atoms with van der Waals surface area (Å²) in [5.41, 5.74) is 1.97. The largest absolute Gasteiger partial charge is 0.467 e. The van der Waals surface area contributed by atoms with E-state index in [1.54, 1.807) is 32.9 Å². The minimum Gasteiger partial charge on any atom is -0.467 e. The van der Waals surface area contributed by atoms with Crippen molar-refractivity contribution in [3.05, 3.63) is 46.7 Å². The summed E-state index contributed by atoms with van der Waals surface area (Å²) >= 11 is 0. The van der Waals surface area contributed by atoms with Crippen molar-refractivity contribution in [2.24, 2.45) is 0 Å². The number of aromatic nitrogens is 1. The van der Waals surface area contributed by atoms with Gasteiger partial charge in [-0.05, 0) is 38.5 Å². The number of aryl methyl sites for hydroxylation is 1. The second-order valence-corrected chi connectivity index (χ2v) is 5.73. The highest BCUT2D eigenvalue weighted by atomic mass is 16.5. The maximum atomic E-state index is 12.1. The lowest BCUT2D eigenvalue weighted by Gasteiger charge is -2.07. The first kappa shape index (κ1) is 19.3. The minimum atomic E-state index is -0.771. The number of hydrogen-bond acceptors (Lipinski definition) is 6. The van der Waals surface area contributed by atoms with Crippen LogP contribution in [0.5, 0.6) is 0 Å². The first-order chi connectivity index (χ1) is 12.3. The molecule has 0 fully saturated rings. The number of aliphatic hydroxyl groups excluding tert-OH is 1. The molecule has 2 rings (SSSR count). The summed E-state index contributed by atoms with van der Waals surface area (Å²) in [5, 5.41) is 14.2. The molecular formula is C17H21N3O6. The molecule has 0 radical (unpaired) electrons. The summed E-state index contributed by atoms with van der Waals surface area (Å²) in [6.45, 7) is 4.49. The van der Waals surface area contributed by atoms with Crippen molar-refractivity contribution in [3.8, 4) is 0 Å². The molecule has 2 aromatic rings. The van der Waals surface area contributed by atoms with Crippen LogP contribution in [0.15, 0.2) is 22.8 Å². The van der Waals surface area contributed by atoms with Crippen LogP contribution in [0.2, 0.25) is 0 Å². The van der Waals surface area contributed by atoms with Crippen LogP contribution in [0.4, 0.5) is 4.79 Å². The minimum absolute atomic E-state index is 0.120. The maximum Gasteiger partial charge on any atom is 0.355 e. The van der Waals surface area contributed by atoms with Crippen molar-refractivity contribution in [1.82, 2.24) is 15.6 Å². The number of ether oxygens (including phenoxy) is 1. The molecule has 2 heterocycles. The molecule has 0 aromatic carbocycles. The number of carbonyl (C=O) groups is 3. The number of carbonyl (C=O) groups excluding carboxylic acids is 3. The number of furan rings is 1. The zero-order valence-corrected chi connectivity index (χ0v) is 14.7. The number of aromatic amines is 1. The molecule has 3 amide bonds. The molecule has 1 atom stereocenters. The first-order valence-electron chi connectivity index (χ1n) is 7.94. The van der Waals surface area contributed by atoms with Crippen LogP contribution < -0.4 is 10.6 Å². The van der Waals surface area contributed by atoms with Gasteiger partial charge in [-0.3, -0.25) is 10.1 Å². The number of H-pyrrole nitrogens is 1. The highest BCUT2D eigenvalue weighted by Crippen LogP contribution is 2.24. The van der Waals surface area contributed by atoms with E-state index in [-0.39, 0.29) is 12.2 Å². The van der Waals surface area contributed by atoms with E-state index in [1.165, 1.54) is 6.26 Å². The average Bonchev–Trinajstić information content (AvgIpc) is 3.18. The number of nitrogens with one attached hydrogen (secondary N) is 3. The topological polar surface area (TPSA) is 134 Å². The third-order valence-corrected chi connectivity index (χ3v) is 3.71. The number of amides is 3. The second-order valence-electron chi connectivity index (χ2n) is 5.73. The summed E-state index contributed by atoms with van der Waals surface area (Å²) in [6.07, 6.45) is 0.723. The maximum absolute atomic E-state index is 12.1. The molecule has 0 spiro atoms. The van der Waals surface area contributed by atoms with Gasteiger partial charge in [0.25, 0.3) is 5.91 Å². The average molecular weight is 363 g/mol. The van der Waals surface area contributed by atoms with Crippen molar-refractivity contribution in [1.29, 1.82) is 0 Å². The molecule has 26 heavy (non-hydrogen) atoms. The Morgan fingerprint density at radius 1 is 1.35 bits per heavy atom. The Bertz CT molecular complexity index is 792. The Kier molecular flexibility index (Phi) is 6.18. The second kappa shape index (κ2) is 8.34. The van der Waals surface area contributed by atoms with E-state index >= 15 is 0 Å². The van der Waals surface area contributed by atoms with Crippen LogP contribution in [-0.4, -0.2) is 34.6 Å². The fraction of sp³-hybridized carbons (Fsp3) is 0.353. The summed E-state index contributed by atoms with van der Waals surface area (Å²) in [4.78, 5) is 38.2. The van der Waals surface area contributed by atoms with Gasteiger partial charge in [0.15, 0.2) is 6.61 Å². The zero-order valence-electron chi connectivity index (χ0n) is 14.7. The van der Waals surface area contributed by atoms with Gasteiger partial charge in [-0.15, -0.1) is 0 Å². The molecule has 0 aliphatic heterocycles. The molecule has 140 valence electrons. The fourth-order valence-corrected chi connectivity index (χ4v) is 2.59. The Morgan fingerprint density at radius 2 is 2.08 bits per heavy atom. The van der Waals surface area contributed by atoms with Crippen LogP contribution in [0.25, 0.3) is 0 Å². The van der Waals surface area contributed by atoms with Crippen LogP contribution in [0.1, 0.15) is 46.1 Å². The molecule has 0 saturated carbocycles. The zero-order chi connectivity index (χ0) is 19.3. The lowest BCUT2D eigenvalue weighted by atomic mass is 10.1. The number of aliphatic hydroxyl groups is 1. The molecule has 0 bridgehead atoms. The summed E-state index contributed by atoms with van der Waals surface area (Å²) < 4.78 is 9.95. The Morgan fingerprint density at radius 3 is 2.65 bits per heavy atom. The molecule has 4 N–H and O–H groups in total. The van der Waals surface area contributed by atoms with Gasteiger partial charge in [-0.25, -0.2) is 9.59 Å². The molecule has 0 aliphatic carbocycles. The van der Waals surface area contributed by atoms with E-state index in [4.69, 9.17) is 9.15 Å². The molecule has 0 saturated heterocycles. The van der Waals surface area contributed by atoms with Gasteiger partial charge in [-0.2, -0.15) is 0 Å². The van der Waals surface area contributed by atoms with Gasteiger partial charge >= 0.3 is 12.0 Å². The van der Waals surface area contributed by atoms with Crippen molar-refractivity contribution in [2.45, 2.75) is 33.4 Å². The predicted molar refractivity (Wildman–Crippen MR) is 90.3 cm³/mol. The number of hydrogen-bond donors (Lipinski definition) is 4. The van der Waals surface area contributed by atoms with Crippen molar-refractivity contribution < 1.29 is 28.6 Å². The third-order valence-electron chi connectivity index (χ3n) is 3.71. The summed E-state index contributed by atoms with van der Waals surface area (Å²) in [6, 6.07) is 2.62. The van der Waals surface area contributed by atoms with Crippen molar-refractivity contribution in [2.75, 3.05) is 6.61 Å². The molecule has 9 heteroatoms. The van der Waals surface area contributed by atoms with Crippen molar-refractivity contribution in [3.63, 3.8) is 0 Å². The van der Waals surface area contributed by atoms with E-state index in [2.05, 4.69) is 10.3 Å². The molecule has 9 nitrogen and oxygen atoms in total. The van der Waals surface area contributed by atoms with E-state index in [0.717, 1.165) is 0 Å². The smallest absolute Gasteiger partial charge is 0.355 e. The quantitative estimate of drug-likeness (QED) is 0.574. The predicted octanol–water partition coefficient (Wildman–Crippen LogP) is 1.46. The van der Waals surface area contributed by atoms with Crippen LogP contribution in [0, 0.1) is 13.8 Å². The van der Waals surface area contributed by atoms with E-state index in [1.807, 2.05) is 5.32 Å². The van der Waals surface area contributed by atoms with Gasteiger partial charge in [0.2, 0.25) is 0 Å². The SMILES string of the molecule is Cc1[nH]c(C(=O)OCC(=O)NC(=O)NCc2ccco2)c(C)c1[C@@H](C)O. The van der Waals surface area contributed by atoms with Crippen molar-refractivity contribution >= 4 is 17.9 Å². The van der Waals surface area contributed by atoms with E-state index in [9.17, 15) is 19.5 Å². The number of esters is 1. The molecule has 0 unspecified atom stereocenters. The summed E-state index contributed by atoms with van der Waals surface area (Å²) in [7, 11) is 0. The van der Waals surface area contributed by atoms with Gasteiger partial charge in [-0.1, -0.05) is 0 Å². The van der Waals surface area contributed by atoms with Crippen LogP contribution in [0.3, 0.4) is 0 Å². The highest BCUT2D eigenvalue weighted by molar-refractivity contribution is 5.97. The summed E-state index contributed by atoms with van der Waals surface area (Å²) in [5.74, 6) is -0.985. The van der Waals surface area contributed by atoms with Gasteiger partial charge in [0, 0.05) is 11.3 Å². The van der Waals surface area contributed by atoms with Gasteiger partial charge in [0.1, 0.15) is 11.5 Å². The van der Waals surface area contributed by atoms with E-state index in [0.29, 0.717) is 22.6 Å². The number of urea groups is 1. The van der Waals surface area contributed by atoms with Crippen LogP contribution >= 0.6 is 0 Å². The number of imide groups is 1. The standard InChI is InChI=1S/C17H21N3O6/c1-9-14(11(3)21)10(2)19-15(9)16(23)26-8-13(22)20-17(24)18-7-12-5-4-6-25-12/h4-6,11,19,21H,7-8H2,1-3H3,(H2,18,20,22,24)/t11-/m1/s1. The Hall–Kier alpha value is -3.07. The molecule has 2 aromatic heterocycles. The molecular weight excluding hydrogens is 342 g/mol. The highest BCUT2D eigenvalue weighted by Gasteiger charge is 2.21. The van der Waals surface area contributed by atoms with E-state index < -0.39 is 30.6 Å². The lowest BCUT2D eigenvalue weighted by Crippen LogP contribution is -2.41.